The molecule has 4 nitrogen and oxygen atoms in total. The van der Waals surface area contributed by atoms with Crippen molar-refractivity contribution in [3.8, 4) is 0 Å². The summed E-state index contributed by atoms with van der Waals surface area (Å²) in [4.78, 5) is 23.1. The molecule has 1 saturated heterocycles. The number of imidazole rings is 1. The highest BCUT2D eigenvalue weighted by atomic mass is 16.2. The Morgan fingerprint density at radius 3 is 1.97 bits per heavy atom. The topological polar surface area (TPSA) is 49.0 Å². The minimum Gasteiger partial charge on any atom is -0.343 e. The van der Waals surface area contributed by atoms with E-state index in [0.29, 0.717) is 11.8 Å². The Morgan fingerprint density at radius 1 is 0.857 bits per heavy atom. The van der Waals surface area contributed by atoms with Crippen LogP contribution in [0.1, 0.15) is 140 Å². The van der Waals surface area contributed by atoms with Gasteiger partial charge in [0.15, 0.2) is 0 Å². The van der Waals surface area contributed by atoms with E-state index in [9.17, 15) is 4.79 Å². The molecule has 1 aromatic carbocycles. The maximum Gasteiger partial charge on any atom is 0.222 e. The number of aromatic amines is 1. The predicted molar refractivity (Wildman–Crippen MR) is 149 cm³/mol. The Balaban J connectivity index is 1.16. The zero-order valence-electron chi connectivity index (χ0n) is 22.8. The number of unbranched alkanes of at least 4 members (excludes halogenated alkanes) is 14. The fourth-order valence-electron chi connectivity index (χ4n) is 5.54. The normalized spacial score (nSPS) is 14.7. The maximum absolute atomic E-state index is 12.7. The molecular weight excluding hydrogens is 430 g/mol. The molecular formula is C31H51N3O. The van der Waals surface area contributed by atoms with Gasteiger partial charge in [0.2, 0.25) is 5.91 Å². The van der Waals surface area contributed by atoms with Crippen LogP contribution in [0.25, 0.3) is 11.0 Å². The van der Waals surface area contributed by atoms with Crippen LogP contribution in [-0.4, -0.2) is 33.9 Å². The van der Waals surface area contributed by atoms with Crippen LogP contribution >= 0.6 is 0 Å². The zero-order valence-corrected chi connectivity index (χ0v) is 22.8. The number of carbonyl (C=O) groups is 1. The van der Waals surface area contributed by atoms with Crippen molar-refractivity contribution in [3.05, 3.63) is 29.6 Å². The van der Waals surface area contributed by atoms with Gasteiger partial charge in [-0.3, -0.25) is 4.79 Å². The van der Waals surface area contributed by atoms with Gasteiger partial charge in [-0.15, -0.1) is 0 Å². The van der Waals surface area contributed by atoms with E-state index in [2.05, 4.69) is 41.9 Å². The third kappa shape index (κ3) is 9.97. The first-order valence-electron chi connectivity index (χ1n) is 14.9. The molecule has 1 N–H and O–H groups in total. The molecule has 1 amide bonds. The van der Waals surface area contributed by atoms with Crippen LogP contribution < -0.4 is 0 Å². The lowest BCUT2D eigenvalue weighted by atomic mass is 9.95. The van der Waals surface area contributed by atoms with Crippen LogP contribution in [-0.2, 0) is 4.79 Å². The third-order valence-corrected chi connectivity index (χ3v) is 7.88. The Labute approximate surface area is 214 Å². The van der Waals surface area contributed by atoms with Crippen molar-refractivity contribution >= 4 is 16.9 Å². The number of nitrogens with zero attached hydrogens (tertiary/aromatic N) is 2. The molecule has 1 aliphatic heterocycles. The van der Waals surface area contributed by atoms with Gasteiger partial charge < -0.3 is 9.88 Å². The molecule has 2 heterocycles. The van der Waals surface area contributed by atoms with Gasteiger partial charge in [-0.2, -0.15) is 0 Å². The summed E-state index contributed by atoms with van der Waals surface area (Å²) in [7, 11) is 0. The number of rotatable bonds is 17. The van der Waals surface area contributed by atoms with E-state index >= 15 is 0 Å². The average Bonchev–Trinajstić information content (AvgIpc) is 3.29. The highest BCUT2D eigenvalue weighted by Crippen LogP contribution is 2.28. The first kappa shape index (κ1) is 27.7. The highest BCUT2D eigenvalue weighted by molar-refractivity contribution is 5.77. The van der Waals surface area contributed by atoms with Crippen LogP contribution in [0.3, 0.4) is 0 Å². The lowest BCUT2D eigenvalue weighted by Crippen LogP contribution is -2.38. The molecule has 1 aromatic heterocycles. The number of amides is 1. The fraction of sp³-hybridized carbons (Fsp3) is 0.742. The quantitative estimate of drug-likeness (QED) is 0.229. The van der Waals surface area contributed by atoms with E-state index in [4.69, 9.17) is 4.98 Å². The summed E-state index contributed by atoms with van der Waals surface area (Å²) in [6.45, 7) is 6.15. The monoisotopic (exact) mass is 481 g/mol. The SMILES string of the molecule is CCCCCCCCCCCCCCCCCC(=O)N1CCC(c2nc3ccc(C)cc3[nH]2)CC1. The zero-order chi connectivity index (χ0) is 24.7. The number of hydrogen-bond donors (Lipinski definition) is 1. The van der Waals surface area contributed by atoms with Crippen molar-refractivity contribution in [2.75, 3.05) is 13.1 Å². The van der Waals surface area contributed by atoms with Gasteiger partial charge in [0, 0.05) is 25.4 Å². The molecule has 0 aliphatic carbocycles. The number of nitrogens with one attached hydrogen (secondary N) is 1. The number of likely N-dealkylation sites (tertiary alicyclic amines) is 1. The summed E-state index contributed by atoms with van der Waals surface area (Å²) in [6, 6.07) is 6.38. The summed E-state index contributed by atoms with van der Waals surface area (Å²) >= 11 is 0. The smallest absolute Gasteiger partial charge is 0.222 e. The van der Waals surface area contributed by atoms with Crippen molar-refractivity contribution in [2.45, 2.75) is 135 Å². The Kier molecular flexibility index (Phi) is 12.7. The summed E-state index contributed by atoms with van der Waals surface area (Å²) < 4.78 is 0. The van der Waals surface area contributed by atoms with Crippen LogP contribution in [0.5, 0.6) is 0 Å². The van der Waals surface area contributed by atoms with Gasteiger partial charge in [0.25, 0.3) is 0 Å². The Hall–Kier alpha value is -1.84. The summed E-state index contributed by atoms with van der Waals surface area (Å²) in [6.07, 6.45) is 23.2. The first-order chi connectivity index (χ1) is 17.2. The van der Waals surface area contributed by atoms with Gasteiger partial charge >= 0.3 is 0 Å². The molecule has 0 bridgehead atoms. The van der Waals surface area contributed by atoms with Crippen LogP contribution in [0, 0.1) is 6.92 Å². The van der Waals surface area contributed by atoms with E-state index in [1.54, 1.807) is 0 Å². The molecule has 0 atom stereocenters. The van der Waals surface area contributed by atoms with E-state index in [1.807, 2.05) is 0 Å². The number of aryl methyl sites for hydroxylation is 1. The molecule has 1 aliphatic rings. The van der Waals surface area contributed by atoms with Gasteiger partial charge in [0.05, 0.1) is 11.0 Å². The molecule has 0 saturated carbocycles. The summed E-state index contributed by atoms with van der Waals surface area (Å²) in [5, 5.41) is 0. The van der Waals surface area contributed by atoms with Crippen LogP contribution in [0.15, 0.2) is 18.2 Å². The number of fused-ring (bicyclic) bond motifs is 1. The lowest BCUT2D eigenvalue weighted by Gasteiger charge is -2.31. The van der Waals surface area contributed by atoms with Crippen LogP contribution in [0.4, 0.5) is 0 Å². The molecule has 4 heteroatoms. The molecule has 0 spiro atoms. The number of H-pyrrole nitrogens is 1. The third-order valence-electron chi connectivity index (χ3n) is 7.88. The Morgan fingerprint density at radius 2 is 1.40 bits per heavy atom. The van der Waals surface area contributed by atoms with Crippen molar-refractivity contribution in [2.24, 2.45) is 0 Å². The predicted octanol–water partition coefficient (Wildman–Crippen LogP) is 8.84. The van der Waals surface area contributed by atoms with Gasteiger partial charge in [-0.25, -0.2) is 4.98 Å². The van der Waals surface area contributed by atoms with Gasteiger partial charge in [0.1, 0.15) is 5.82 Å². The highest BCUT2D eigenvalue weighted by Gasteiger charge is 2.25. The van der Waals surface area contributed by atoms with Crippen molar-refractivity contribution < 1.29 is 4.79 Å². The minimum atomic E-state index is 0.360. The van der Waals surface area contributed by atoms with Crippen molar-refractivity contribution in [1.82, 2.24) is 14.9 Å². The number of benzene rings is 1. The number of hydrogen-bond acceptors (Lipinski definition) is 2. The van der Waals surface area contributed by atoms with Gasteiger partial charge in [-0.05, 0) is 43.9 Å². The first-order valence-corrected chi connectivity index (χ1v) is 14.9. The fourth-order valence-corrected chi connectivity index (χ4v) is 5.54. The van der Waals surface area contributed by atoms with Crippen molar-refractivity contribution in [1.29, 1.82) is 0 Å². The van der Waals surface area contributed by atoms with Gasteiger partial charge in [-0.1, -0.05) is 103 Å². The molecule has 0 radical (unpaired) electrons. The number of aromatic nitrogens is 2. The number of piperidine rings is 1. The minimum absolute atomic E-state index is 0.360. The number of carbonyl (C=O) groups excluding carboxylic acids is 1. The van der Waals surface area contributed by atoms with Crippen LogP contribution in [0.2, 0.25) is 0 Å². The second-order valence-corrected chi connectivity index (χ2v) is 11.0. The summed E-state index contributed by atoms with van der Waals surface area (Å²) in [5.41, 5.74) is 3.44. The second kappa shape index (κ2) is 16.0. The standard InChI is InChI=1S/C31H51N3O/c1-3-4-5-6-7-8-9-10-11-12-13-14-15-16-17-18-30(35)34-23-21-27(22-24-34)31-32-28-20-19-26(2)25-29(28)33-31/h19-20,25,27H,3-18,21-24H2,1-2H3,(H,32,33). The van der Waals surface area contributed by atoms with Crippen molar-refractivity contribution in [3.63, 3.8) is 0 Å². The molecule has 196 valence electrons. The van der Waals surface area contributed by atoms with E-state index in [0.717, 1.165) is 55.6 Å². The maximum atomic E-state index is 12.7. The average molecular weight is 482 g/mol. The van der Waals surface area contributed by atoms with E-state index < -0.39 is 0 Å². The summed E-state index contributed by atoms with van der Waals surface area (Å²) in [5.74, 6) is 1.90. The molecule has 1 fully saturated rings. The van der Waals surface area contributed by atoms with E-state index in [1.165, 1.54) is 95.5 Å². The second-order valence-electron chi connectivity index (χ2n) is 11.0. The molecule has 2 aromatic rings. The molecule has 35 heavy (non-hydrogen) atoms. The Bertz CT molecular complexity index is 850. The largest absolute Gasteiger partial charge is 0.343 e. The molecule has 3 rings (SSSR count). The molecule has 0 unspecified atom stereocenters. The van der Waals surface area contributed by atoms with E-state index in [-0.39, 0.29) is 0 Å². The lowest BCUT2D eigenvalue weighted by molar-refractivity contribution is -0.132.